The molecule has 1 heterocycles. The first-order valence-electron chi connectivity index (χ1n) is 5.17. The molecule has 0 aliphatic carbocycles. The summed E-state index contributed by atoms with van der Waals surface area (Å²) in [7, 11) is 0. The average Bonchev–Trinajstić information content (AvgIpc) is 2.07. The van der Waals surface area contributed by atoms with Gasteiger partial charge in [0.05, 0.1) is 5.54 Å². The van der Waals surface area contributed by atoms with Crippen molar-refractivity contribution >= 4 is 11.3 Å². The minimum Gasteiger partial charge on any atom is -0.376 e. The van der Waals surface area contributed by atoms with Crippen molar-refractivity contribution < 1.29 is 4.39 Å². The number of allylic oxidation sites excluding steroid dienone is 1. The maximum atomic E-state index is 13.4. The van der Waals surface area contributed by atoms with Crippen LogP contribution in [-0.4, -0.2) is 5.54 Å². The fourth-order valence-electron chi connectivity index (χ4n) is 2.11. The van der Waals surface area contributed by atoms with E-state index in [9.17, 15) is 4.39 Å². The highest BCUT2D eigenvalue weighted by Gasteiger charge is 2.23. The molecule has 0 bridgehead atoms. The Bertz CT molecular complexity index is 444. The quantitative estimate of drug-likeness (QED) is 0.680. The summed E-state index contributed by atoms with van der Waals surface area (Å²) in [6.07, 6.45) is 2.17. The second-order valence-corrected chi connectivity index (χ2v) is 4.82. The van der Waals surface area contributed by atoms with E-state index < -0.39 is 0 Å². The molecule has 0 aromatic heterocycles. The Balaban J connectivity index is 2.61. The Morgan fingerprint density at radius 1 is 1.20 bits per heavy atom. The number of hydrogen-bond donors (Lipinski definition) is 1. The van der Waals surface area contributed by atoms with Gasteiger partial charge in [-0.1, -0.05) is 6.08 Å². The highest BCUT2D eigenvalue weighted by Crippen LogP contribution is 2.34. The smallest absolute Gasteiger partial charge is 0.128 e. The predicted octanol–water partition coefficient (Wildman–Crippen LogP) is 3.74. The molecule has 2 rings (SSSR count). The van der Waals surface area contributed by atoms with E-state index in [0.29, 0.717) is 5.56 Å². The first kappa shape index (κ1) is 10.2. The Kier molecular flexibility index (Phi) is 2.10. The van der Waals surface area contributed by atoms with Crippen LogP contribution < -0.4 is 5.32 Å². The lowest BCUT2D eigenvalue weighted by Crippen LogP contribution is -2.31. The number of fused-ring (bicyclic) bond motifs is 1. The van der Waals surface area contributed by atoms with Gasteiger partial charge in [0.2, 0.25) is 0 Å². The second kappa shape index (κ2) is 3.09. The Labute approximate surface area is 90.0 Å². The van der Waals surface area contributed by atoms with Crippen molar-refractivity contribution in [3.63, 3.8) is 0 Å². The van der Waals surface area contributed by atoms with E-state index in [1.807, 2.05) is 6.07 Å². The van der Waals surface area contributed by atoms with E-state index in [0.717, 1.165) is 11.3 Å². The molecule has 0 unspecified atom stereocenters. The summed E-state index contributed by atoms with van der Waals surface area (Å²) in [5, 5.41) is 3.32. The van der Waals surface area contributed by atoms with Gasteiger partial charge in [-0.05, 0) is 51.0 Å². The molecule has 1 aromatic rings. The number of nitrogens with one attached hydrogen (secondary N) is 1. The summed E-state index contributed by atoms with van der Waals surface area (Å²) < 4.78 is 13.4. The van der Waals surface area contributed by atoms with E-state index in [1.54, 1.807) is 13.0 Å². The van der Waals surface area contributed by atoms with Gasteiger partial charge in [0, 0.05) is 11.3 Å². The molecule has 15 heavy (non-hydrogen) atoms. The first-order chi connectivity index (χ1) is 6.89. The van der Waals surface area contributed by atoms with Gasteiger partial charge < -0.3 is 5.32 Å². The third-order valence-electron chi connectivity index (χ3n) is 2.76. The SMILES string of the molecule is CC1=CC(C)(C)Nc2cc(F)c(C)cc21. The fourth-order valence-corrected chi connectivity index (χ4v) is 2.11. The zero-order valence-corrected chi connectivity index (χ0v) is 9.61. The van der Waals surface area contributed by atoms with E-state index in [1.165, 1.54) is 5.57 Å². The van der Waals surface area contributed by atoms with E-state index in [4.69, 9.17) is 0 Å². The number of halogens is 1. The van der Waals surface area contributed by atoms with Gasteiger partial charge in [-0.25, -0.2) is 4.39 Å². The summed E-state index contributed by atoms with van der Waals surface area (Å²) in [6, 6.07) is 3.49. The molecule has 0 atom stereocenters. The molecule has 1 N–H and O–H groups in total. The van der Waals surface area contributed by atoms with Crippen molar-refractivity contribution in [3.8, 4) is 0 Å². The molecule has 80 valence electrons. The Morgan fingerprint density at radius 2 is 1.87 bits per heavy atom. The summed E-state index contributed by atoms with van der Waals surface area (Å²) in [6.45, 7) is 8.02. The predicted molar refractivity (Wildman–Crippen MR) is 62.5 cm³/mol. The van der Waals surface area contributed by atoms with Gasteiger partial charge in [0.15, 0.2) is 0 Å². The highest BCUT2D eigenvalue weighted by atomic mass is 19.1. The summed E-state index contributed by atoms with van der Waals surface area (Å²) in [4.78, 5) is 0. The van der Waals surface area contributed by atoms with Crippen LogP contribution in [-0.2, 0) is 0 Å². The van der Waals surface area contributed by atoms with Crippen LogP contribution in [0.5, 0.6) is 0 Å². The topological polar surface area (TPSA) is 12.0 Å². The van der Waals surface area contributed by atoms with Gasteiger partial charge in [-0.2, -0.15) is 0 Å². The average molecular weight is 205 g/mol. The molecular formula is C13H16FN. The molecule has 0 spiro atoms. The number of hydrogen-bond acceptors (Lipinski definition) is 1. The van der Waals surface area contributed by atoms with Crippen molar-refractivity contribution in [3.05, 3.63) is 35.2 Å². The molecule has 1 aliphatic heterocycles. The summed E-state index contributed by atoms with van der Waals surface area (Å²) in [5.74, 6) is -0.147. The molecule has 2 heteroatoms. The van der Waals surface area contributed by atoms with Crippen LogP contribution in [0.1, 0.15) is 31.9 Å². The molecule has 0 saturated carbocycles. The maximum Gasteiger partial charge on any atom is 0.128 e. The Morgan fingerprint density at radius 3 is 2.53 bits per heavy atom. The van der Waals surface area contributed by atoms with Crippen molar-refractivity contribution in [1.29, 1.82) is 0 Å². The largest absolute Gasteiger partial charge is 0.376 e. The molecule has 1 aromatic carbocycles. The fraction of sp³-hybridized carbons (Fsp3) is 0.385. The van der Waals surface area contributed by atoms with Crippen molar-refractivity contribution in [1.82, 2.24) is 0 Å². The molecule has 0 fully saturated rings. The van der Waals surface area contributed by atoms with Crippen molar-refractivity contribution in [2.75, 3.05) is 5.32 Å². The number of rotatable bonds is 0. The molecule has 0 amide bonds. The van der Waals surface area contributed by atoms with Crippen LogP contribution in [0.25, 0.3) is 5.57 Å². The monoisotopic (exact) mass is 205 g/mol. The van der Waals surface area contributed by atoms with Gasteiger partial charge in [0.25, 0.3) is 0 Å². The van der Waals surface area contributed by atoms with Crippen LogP contribution in [0.4, 0.5) is 10.1 Å². The minimum absolute atomic E-state index is 0.0984. The molecule has 1 nitrogen and oxygen atoms in total. The van der Waals surface area contributed by atoms with Crippen LogP contribution in [0.3, 0.4) is 0 Å². The lowest BCUT2D eigenvalue weighted by molar-refractivity contribution is 0.616. The summed E-state index contributed by atoms with van der Waals surface area (Å²) in [5.41, 5.74) is 3.80. The molecule has 0 radical (unpaired) electrons. The van der Waals surface area contributed by atoms with Crippen LogP contribution >= 0.6 is 0 Å². The highest BCUT2D eigenvalue weighted by molar-refractivity contribution is 5.80. The molecule has 0 saturated heterocycles. The second-order valence-electron chi connectivity index (χ2n) is 4.82. The van der Waals surface area contributed by atoms with Gasteiger partial charge in [-0.3, -0.25) is 0 Å². The lowest BCUT2D eigenvalue weighted by atomic mass is 9.90. The van der Waals surface area contributed by atoms with Crippen LogP contribution in [0.2, 0.25) is 0 Å². The lowest BCUT2D eigenvalue weighted by Gasteiger charge is -2.31. The number of aryl methyl sites for hydroxylation is 1. The zero-order chi connectivity index (χ0) is 11.2. The number of benzene rings is 1. The maximum absolute atomic E-state index is 13.4. The van der Waals surface area contributed by atoms with Gasteiger partial charge in [-0.15, -0.1) is 0 Å². The van der Waals surface area contributed by atoms with E-state index in [-0.39, 0.29) is 11.4 Å². The normalized spacial score (nSPS) is 17.8. The Hall–Kier alpha value is -1.31. The van der Waals surface area contributed by atoms with E-state index >= 15 is 0 Å². The van der Waals surface area contributed by atoms with Crippen molar-refractivity contribution in [2.45, 2.75) is 33.2 Å². The molecule has 1 aliphatic rings. The van der Waals surface area contributed by atoms with Crippen LogP contribution in [0.15, 0.2) is 18.2 Å². The van der Waals surface area contributed by atoms with E-state index in [2.05, 4.69) is 32.2 Å². The third-order valence-corrected chi connectivity index (χ3v) is 2.76. The van der Waals surface area contributed by atoms with Crippen molar-refractivity contribution in [2.24, 2.45) is 0 Å². The first-order valence-corrected chi connectivity index (χ1v) is 5.17. The zero-order valence-electron chi connectivity index (χ0n) is 9.61. The standard InChI is InChI=1S/C13H16FN/c1-8-5-10-9(2)7-13(3,4)15-12(10)6-11(8)14/h5-7,15H,1-4H3. The summed E-state index contributed by atoms with van der Waals surface area (Å²) >= 11 is 0. The molecular weight excluding hydrogens is 189 g/mol. The van der Waals surface area contributed by atoms with Crippen LogP contribution in [0, 0.1) is 12.7 Å². The van der Waals surface area contributed by atoms with Gasteiger partial charge in [0.1, 0.15) is 5.82 Å². The van der Waals surface area contributed by atoms with Gasteiger partial charge >= 0.3 is 0 Å². The minimum atomic E-state index is -0.147. The third kappa shape index (κ3) is 1.76. The number of anilines is 1.